The molecule has 0 spiro atoms. The lowest BCUT2D eigenvalue weighted by atomic mass is 10.1. The molecule has 1 atom stereocenters. The summed E-state index contributed by atoms with van der Waals surface area (Å²) in [5.74, 6) is 0. The highest BCUT2D eigenvalue weighted by molar-refractivity contribution is 5.79. The van der Waals surface area contributed by atoms with E-state index in [1.54, 1.807) is 0 Å². The van der Waals surface area contributed by atoms with Gasteiger partial charge in [0.15, 0.2) is 0 Å². The van der Waals surface area contributed by atoms with Crippen LogP contribution in [0.15, 0.2) is 30.5 Å². The lowest BCUT2D eigenvalue weighted by molar-refractivity contribution is 0.328. The maximum atomic E-state index is 13.5. The first kappa shape index (κ1) is 9.21. The fourth-order valence-electron chi connectivity index (χ4n) is 1.57. The number of nitrogens with two attached hydrogens (primary N) is 1. The Bertz CT molecular complexity index is 422. The van der Waals surface area contributed by atoms with Crippen LogP contribution in [-0.2, 0) is 0 Å². The fourth-order valence-corrected chi connectivity index (χ4v) is 1.57. The summed E-state index contributed by atoms with van der Waals surface area (Å²) in [6.07, 6.45) is 1.28. The molecule has 14 heavy (non-hydrogen) atoms. The maximum Gasteiger partial charge on any atom is 0.126 e. The van der Waals surface area contributed by atoms with Crippen molar-refractivity contribution in [1.82, 2.24) is 4.98 Å². The lowest BCUT2D eigenvalue weighted by Crippen LogP contribution is -2.03. The monoisotopic (exact) mass is 192 g/mol. The van der Waals surface area contributed by atoms with Crippen LogP contribution in [0.1, 0.15) is 18.2 Å². The molecule has 1 unspecified atom stereocenters. The van der Waals surface area contributed by atoms with Crippen LogP contribution in [0, 0.1) is 0 Å². The molecule has 0 amide bonds. The molecule has 1 aromatic heterocycles. The second kappa shape index (κ2) is 3.80. The first-order valence-electron chi connectivity index (χ1n) is 4.72. The Morgan fingerprint density at radius 1 is 1.36 bits per heavy atom. The number of hydrogen-bond acceptors (Lipinski definition) is 1. The van der Waals surface area contributed by atoms with Gasteiger partial charge in [-0.05, 0) is 36.0 Å². The Morgan fingerprint density at radius 2 is 2.21 bits per heavy atom. The topological polar surface area (TPSA) is 41.8 Å². The molecule has 0 saturated carbocycles. The van der Waals surface area contributed by atoms with E-state index in [-0.39, 0.29) is 0 Å². The van der Waals surface area contributed by atoms with Crippen molar-refractivity contribution < 1.29 is 4.39 Å². The Hall–Kier alpha value is -1.35. The molecule has 0 bridgehead atoms. The predicted molar refractivity (Wildman–Crippen MR) is 55.8 cm³/mol. The molecule has 1 heterocycles. The molecule has 0 aliphatic carbocycles. The predicted octanol–water partition coefficient (Wildman–Crippen LogP) is 2.53. The van der Waals surface area contributed by atoms with Crippen molar-refractivity contribution in [2.24, 2.45) is 5.73 Å². The number of alkyl halides is 1. The third kappa shape index (κ3) is 1.63. The number of fused-ring (bicyclic) bond motifs is 1. The van der Waals surface area contributed by atoms with Gasteiger partial charge in [0, 0.05) is 11.7 Å². The van der Waals surface area contributed by atoms with E-state index in [0.717, 1.165) is 10.9 Å². The summed E-state index contributed by atoms with van der Waals surface area (Å²) in [6.45, 7) is 0.379. The SMILES string of the molecule is NCCC(F)c1ccc2cc[nH]c2c1. The molecule has 3 N–H and O–H groups in total. The van der Waals surface area contributed by atoms with Crippen LogP contribution in [0.4, 0.5) is 4.39 Å². The average Bonchev–Trinajstić information content (AvgIpc) is 2.64. The molecule has 0 fully saturated rings. The summed E-state index contributed by atoms with van der Waals surface area (Å²) < 4.78 is 13.5. The van der Waals surface area contributed by atoms with E-state index < -0.39 is 6.17 Å². The number of rotatable bonds is 3. The zero-order chi connectivity index (χ0) is 9.97. The summed E-state index contributed by atoms with van der Waals surface area (Å²) >= 11 is 0. The van der Waals surface area contributed by atoms with Crippen LogP contribution < -0.4 is 5.73 Å². The van der Waals surface area contributed by atoms with Gasteiger partial charge in [0.05, 0.1) is 0 Å². The normalized spacial score (nSPS) is 13.3. The van der Waals surface area contributed by atoms with Gasteiger partial charge in [-0.25, -0.2) is 4.39 Å². The summed E-state index contributed by atoms with van der Waals surface area (Å²) in [5, 5.41) is 1.11. The number of benzene rings is 1. The van der Waals surface area contributed by atoms with E-state index in [2.05, 4.69) is 4.98 Å². The van der Waals surface area contributed by atoms with Gasteiger partial charge in [-0.1, -0.05) is 12.1 Å². The minimum Gasteiger partial charge on any atom is -0.361 e. The molecule has 1 aromatic carbocycles. The molecular formula is C11H13FN2. The lowest BCUT2D eigenvalue weighted by Gasteiger charge is -2.06. The van der Waals surface area contributed by atoms with Crippen LogP contribution in [0.3, 0.4) is 0 Å². The van der Waals surface area contributed by atoms with Gasteiger partial charge in [-0.2, -0.15) is 0 Å². The number of nitrogens with one attached hydrogen (secondary N) is 1. The Kier molecular flexibility index (Phi) is 2.50. The minimum atomic E-state index is -0.951. The molecule has 3 heteroatoms. The largest absolute Gasteiger partial charge is 0.361 e. The number of aromatic amines is 1. The molecule has 0 saturated heterocycles. The van der Waals surface area contributed by atoms with E-state index in [1.807, 2.05) is 30.5 Å². The third-order valence-electron chi connectivity index (χ3n) is 2.36. The van der Waals surface area contributed by atoms with Gasteiger partial charge in [0.25, 0.3) is 0 Å². The van der Waals surface area contributed by atoms with Gasteiger partial charge in [-0.3, -0.25) is 0 Å². The number of aromatic nitrogens is 1. The third-order valence-corrected chi connectivity index (χ3v) is 2.36. The summed E-state index contributed by atoms with van der Waals surface area (Å²) in [4.78, 5) is 3.06. The highest BCUT2D eigenvalue weighted by Crippen LogP contribution is 2.23. The quantitative estimate of drug-likeness (QED) is 0.770. The second-order valence-corrected chi connectivity index (χ2v) is 3.37. The molecule has 0 radical (unpaired) electrons. The zero-order valence-electron chi connectivity index (χ0n) is 7.83. The molecule has 2 aromatic rings. The van der Waals surface area contributed by atoms with E-state index in [0.29, 0.717) is 18.5 Å². The van der Waals surface area contributed by atoms with Crippen molar-refractivity contribution in [1.29, 1.82) is 0 Å². The Morgan fingerprint density at radius 3 is 3.00 bits per heavy atom. The van der Waals surface area contributed by atoms with Crippen molar-refractivity contribution in [3.63, 3.8) is 0 Å². The molecule has 0 aliphatic heterocycles. The van der Waals surface area contributed by atoms with E-state index >= 15 is 0 Å². The van der Waals surface area contributed by atoms with Gasteiger partial charge >= 0.3 is 0 Å². The summed E-state index contributed by atoms with van der Waals surface area (Å²) in [5.41, 5.74) is 6.99. The van der Waals surface area contributed by atoms with Crippen molar-refractivity contribution in [2.75, 3.05) is 6.54 Å². The Labute approximate surface area is 81.9 Å². The zero-order valence-corrected chi connectivity index (χ0v) is 7.83. The first-order chi connectivity index (χ1) is 6.81. The highest BCUT2D eigenvalue weighted by atomic mass is 19.1. The molecule has 74 valence electrons. The van der Waals surface area contributed by atoms with E-state index in [1.165, 1.54) is 0 Å². The molecular weight excluding hydrogens is 179 g/mol. The van der Waals surface area contributed by atoms with E-state index in [4.69, 9.17) is 5.73 Å². The molecule has 2 rings (SSSR count). The number of hydrogen-bond donors (Lipinski definition) is 2. The standard InChI is InChI=1S/C11H13FN2/c12-10(3-5-13)9-2-1-8-4-6-14-11(8)7-9/h1-2,4,6-7,10,14H,3,5,13H2. The van der Waals surface area contributed by atoms with Crippen LogP contribution >= 0.6 is 0 Å². The average molecular weight is 192 g/mol. The maximum absolute atomic E-state index is 13.5. The highest BCUT2D eigenvalue weighted by Gasteiger charge is 2.08. The van der Waals surface area contributed by atoms with Crippen molar-refractivity contribution in [3.05, 3.63) is 36.0 Å². The van der Waals surface area contributed by atoms with Crippen LogP contribution in [-0.4, -0.2) is 11.5 Å². The smallest absolute Gasteiger partial charge is 0.126 e. The molecule has 2 nitrogen and oxygen atoms in total. The second-order valence-electron chi connectivity index (χ2n) is 3.37. The molecule has 0 aliphatic rings. The van der Waals surface area contributed by atoms with Gasteiger partial charge < -0.3 is 10.7 Å². The fraction of sp³-hybridized carbons (Fsp3) is 0.273. The van der Waals surface area contributed by atoms with Crippen LogP contribution in [0.5, 0.6) is 0 Å². The van der Waals surface area contributed by atoms with Gasteiger partial charge in [0.2, 0.25) is 0 Å². The van der Waals surface area contributed by atoms with Crippen molar-refractivity contribution >= 4 is 10.9 Å². The first-order valence-corrected chi connectivity index (χ1v) is 4.72. The summed E-state index contributed by atoms with van der Waals surface area (Å²) in [7, 11) is 0. The summed E-state index contributed by atoms with van der Waals surface area (Å²) in [6, 6.07) is 7.55. The van der Waals surface area contributed by atoms with Crippen LogP contribution in [0.2, 0.25) is 0 Å². The number of H-pyrrole nitrogens is 1. The van der Waals surface area contributed by atoms with Crippen LogP contribution in [0.25, 0.3) is 10.9 Å². The van der Waals surface area contributed by atoms with Gasteiger partial charge in [-0.15, -0.1) is 0 Å². The van der Waals surface area contributed by atoms with Gasteiger partial charge in [0.1, 0.15) is 6.17 Å². The Balaban J connectivity index is 2.33. The number of halogens is 1. The van der Waals surface area contributed by atoms with Crippen molar-refractivity contribution in [2.45, 2.75) is 12.6 Å². The van der Waals surface area contributed by atoms with Crippen molar-refractivity contribution in [3.8, 4) is 0 Å². The minimum absolute atomic E-state index is 0.379. The van der Waals surface area contributed by atoms with E-state index in [9.17, 15) is 4.39 Å².